The summed E-state index contributed by atoms with van der Waals surface area (Å²) >= 11 is 0. The van der Waals surface area contributed by atoms with Crippen LogP contribution in [-0.4, -0.2) is 12.0 Å². The van der Waals surface area contributed by atoms with Crippen molar-refractivity contribution < 1.29 is 14.3 Å². The number of ether oxygens (including phenoxy) is 1. The molecular weight excluding hydrogens is 280 g/mol. The van der Waals surface area contributed by atoms with Crippen molar-refractivity contribution >= 4 is 23.4 Å². The highest BCUT2D eigenvalue weighted by molar-refractivity contribution is 6.00. The van der Waals surface area contributed by atoms with E-state index < -0.39 is 12.1 Å². The van der Waals surface area contributed by atoms with Crippen LogP contribution >= 0.6 is 0 Å². The summed E-state index contributed by atoms with van der Waals surface area (Å²) in [5.41, 5.74) is 8.63. The van der Waals surface area contributed by atoms with Crippen LogP contribution in [0.4, 0.5) is 16.2 Å². The molecule has 2 N–H and O–H groups in total. The Labute approximate surface area is 128 Å². The Balaban J connectivity index is 2.23. The lowest BCUT2D eigenvalue weighted by atomic mass is 10.0. The first kappa shape index (κ1) is 14.1. The lowest BCUT2D eigenvalue weighted by Crippen LogP contribution is -2.32. The van der Waals surface area contributed by atoms with Crippen LogP contribution in [0.1, 0.15) is 24.2 Å². The number of urea groups is 1. The quantitative estimate of drug-likeness (QED) is 0.822. The number of nitrogens with zero attached hydrogens (tertiary/aromatic N) is 1. The largest absolute Gasteiger partial charge is 0.457 e. The SMILES string of the molecule is CC(=O)O[C@@H]1Cc2ccccc2N(C(N)=O)c2ccccc21. The van der Waals surface area contributed by atoms with Gasteiger partial charge in [0.1, 0.15) is 6.10 Å². The van der Waals surface area contributed by atoms with Crippen molar-refractivity contribution in [3.63, 3.8) is 0 Å². The molecule has 5 nitrogen and oxygen atoms in total. The maximum absolute atomic E-state index is 12.0. The maximum Gasteiger partial charge on any atom is 0.323 e. The van der Waals surface area contributed by atoms with Gasteiger partial charge in [0.25, 0.3) is 0 Å². The first-order valence-corrected chi connectivity index (χ1v) is 7.01. The molecule has 1 aliphatic heterocycles. The number of nitrogens with two attached hydrogens (primary N) is 1. The molecule has 0 bridgehead atoms. The molecule has 1 aliphatic rings. The van der Waals surface area contributed by atoms with Gasteiger partial charge in [0.15, 0.2) is 0 Å². The molecule has 22 heavy (non-hydrogen) atoms. The molecule has 2 aromatic carbocycles. The van der Waals surface area contributed by atoms with Gasteiger partial charge in [-0.25, -0.2) is 4.79 Å². The Morgan fingerprint density at radius 2 is 1.73 bits per heavy atom. The van der Waals surface area contributed by atoms with Crippen LogP contribution in [0.15, 0.2) is 48.5 Å². The summed E-state index contributed by atoms with van der Waals surface area (Å²) in [6, 6.07) is 14.3. The van der Waals surface area contributed by atoms with Gasteiger partial charge in [-0.3, -0.25) is 9.69 Å². The van der Waals surface area contributed by atoms with Crippen molar-refractivity contribution in [3.8, 4) is 0 Å². The Morgan fingerprint density at radius 1 is 1.09 bits per heavy atom. The molecule has 0 saturated carbocycles. The molecule has 1 atom stereocenters. The molecule has 3 rings (SSSR count). The predicted octanol–water partition coefficient (Wildman–Crippen LogP) is 3.06. The Hall–Kier alpha value is -2.82. The average Bonchev–Trinajstić information content (AvgIpc) is 2.61. The maximum atomic E-state index is 12.0. The lowest BCUT2D eigenvalue weighted by molar-refractivity contribution is -0.146. The summed E-state index contributed by atoms with van der Waals surface area (Å²) in [6.07, 6.45) is 0.0514. The van der Waals surface area contributed by atoms with E-state index in [-0.39, 0.29) is 5.97 Å². The first-order chi connectivity index (χ1) is 10.6. The van der Waals surface area contributed by atoms with Gasteiger partial charge in [-0.1, -0.05) is 36.4 Å². The molecule has 0 saturated heterocycles. The second-order valence-corrected chi connectivity index (χ2v) is 5.16. The molecule has 5 heteroatoms. The van der Waals surface area contributed by atoms with Gasteiger partial charge in [0.2, 0.25) is 0 Å². The molecule has 2 aromatic rings. The third kappa shape index (κ3) is 2.41. The molecule has 0 aliphatic carbocycles. The fraction of sp³-hybridized carbons (Fsp3) is 0.176. The van der Waals surface area contributed by atoms with Gasteiger partial charge in [0.05, 0.1) is 11.4 Å². The zero-order valence-electron chi connectivity index (χ0n) is 12.2. The van der Waals surface area contributed by atoms with Crippen molar-refractivity contribution in [3.05, 3.63) is 59.7 Å². The number of amides is 2. The van der Waals surface area contributed by atoms with Crippen LogP contribution in [0.3, 0.4) is 0 Å². The van der Waals surface area contributed by atoms with Crippen molar-refractivity contribution in [2.45, 2.75) is 19.4 Å². The van der Waals surface area contributed by atoms with Crippen molar-refractivity contribution in [1.82, 2.24) is 0 Å². The van der Waals surface area contributed by atoms with E-state index in [2.05, 4.69) is 0 Å². The van der Waals surface area contributed by atoms with E-state index in [4.69, 9.17) is 10.5 Å². The van der Waals surface area contributed by atoms with Gasteiger partial charge >= 0.3 is 12.0 Å². The molecule has 0 aromatic heterocycles. The van der Waals surface area contributed by atoms with Gasteiger partial charge < -0.3 is 10.5 Å². The number of carbonyl (C=O) groups excluding carboxylic acids is 2. The van der Waals surface area contributed by atoms with E-state index in [0.29, 0.717) is 12.1 Å². The number of benzene rings is 2. The van der Waals surface area contributed by atoms with Crippen LogP contribution in [0.25, 0.3) is 0 Å². The van der Waals surface area contributed by atoms with Crippen LogP contribution < -0.4 is 10.6 Å². The molecule has 0 radical (unpaired) electrons. The average molecular weight is 296 g/mol. The molecule has 0 unspecified atom stereocenters. The number of hydrogen-bond donors (Lipinski definition) is 1. The van der Waals surface area contributed by atoms with Crippen LogP contribution in [0.2, 0.25) is 0 Å². The van der Waals surface area contributed by atoms with E-state index >= 15 is 0 Å². The van der Waals surface area contributed by atoms with Crippen LogP contribution in [-0.2, 0) is 16.0 Å². The number of primary amides is 1. The van der Waals surface area contributed by atoms with Gasteiger partial charge in [-0.15, -0.1) is 0 Å². The Morgan fingerprint density at radius 3 is 2.41 bits per heavy atom. The molecular formula is C17H16N2O3. The molecule has 0 fully saturated rings. The highest BCUT2D eigenvalue weighted by Gasteiger charge is 2.30. The summed E-state index contributed by atoms with van der Waals surface area (Å²) in [5.74, 6) is -0.357. The Kier molecular flexibility index (Phi) is 3.55. The summed E-state index contributed by atoms with van der Waals surface area (Å²) in [6.45, 7) is 1.38. The first-order valence-electron chi connectivity index (χ1n) is 7.01. The standard InChI is InChI=1S/C17H16N2O3/c1-11(20)22-16-10-12-6-2-4-8-14(12)19(17(18)21)15-9-5-3-7-13(15)16/h2-9,16H,10H2,1H3,(H2,18,21)/t16-/m1/s1. The highest BCUT2D eigenvalue weighted by atomic mass is 16.5. The van der Waals surface area contributed by atoms with E-state index in [1.165, 1.54) is 11.8 Å². The van der Waals surface area contributed by atoms with E-state index in [1.807, 2.05) is 42.5 Å². The number of anilines is 2. The third-order valence-electron chi connectivity index (χ3n) is 3.69. The van der Waals surface area contributed by atoms with Gasteiger partial charge in [0, 0.05) is 18.9 Å². The monoisotopic (exact) mass is 296 g/mol. The smallest absolute Gasteiger partial charge is 0.323 e. The number of carbonyl (C=O) groups is 2. The fourth-order valence-electron chi connectivity index (χ4n) is 2.85. The topological polar surface area (TPSA) is 72.6 Å². The van der Waals surface area contributed by atoms with Crippen LogP contribution in [0, 0.1) is 0 Å². The van der Waals surface area contributed by atoms with Crippen molar-refractivity contribution in [2.24, 2.45) is 5.73 Å². The lowest BCUT2D eigenvalue weighted by Gasteiger charge is -2.23. The number of fused-ring (bicyclic) bond motifs is 2. The molecule has 1 heterocycles. The van der Waals surface area contributed by atoms with Crippen molar-refractivity contribution in [1.29, 1.82) is 0 Å². The Bertz CT molecular complexity index is 742. The molecule has 2 amide bonds. The minimum absolute atomic E-state index is 0.357. The summed E-state index contributed by atoms with van der Waals surface area (Å²) in [4.78, 5) is 24.9. The summed E-state index contributed by atoms with van der Waals surface area (Å²) < 4.78 is 5.46. The second-order valence-electron chi connectivity index (χ2n) is 5.16. The highest BCUT2D eigenvalue weighted by Crippen LogP contribution is 2.41. The van der Waals surface area contributed by atoms with Gasteiger partial charge in [-0.05, 0) is 17.7 Å². The zero-order valence-corrected chi connectivity index (χ0v) is 12.2. The minimum atomic E-state index is -0.566. The zero-order chi connectivity index (χ0) is 15.7. The van der Waals surface area contributed by atoms with E-state index in [9.17, 15) is 9.59 Å². The molecule has 0 spiro atoms. The summed E-state index contributed by atoms with van der Waals surface area (Å²) in [7, 11) is 0. The number of para-hydroxylation sites is 2. The number of rotatable bonds is 1. The normalized spacial score (nSPS) is 16.2. The van der Waals surface area contributed by atoms with E-state index in [1.54, 1.807) is 6.07 Å². The predicted molar refractivity (Wildman–Crippen MR) is 82.8 cm³/mol. The van der Waals surface area contributed by atoms with Gasteiger partial charge in [-0.2, -0.15) is 0 Å². The molecule has 112 valence electrons. The third-order valence-corrected chi connectivity index (χ3v) is 3.69. The summed E-state index contributed by atoms with van der Waals surface area (Å²) in [5, 5.41) is 0. The second kappa shape index (κ2) is 5.52. The minimum Gasteiger partial charge on any atom is -0.457 e. The van der Waals surface area contributed by atoms with E-state index in [0.717, 1.165) is 16.8 Å². The fourth-order valence-corrected chi connectivity index (χ4v) is 2.85. The van der Waals surface area contributed by atoms with Crippen molar-refractivity contribution in [2.75, 3.05) is 4.90 Å². The van der Waals surface area contributed by atoms with Crippen LogP contribution in [0.5, 0.6) is 0 Å². The number of hydrogen-bond acceptors (Lipinski definition) is 3. The number of esters is 1.